The van der Waals surface area contributed by atoms with Gasteiger partial charge in [-0.15, -0.1) is 5.10 Å². The van der Waals surface area contributed by atoms with E-state index in [1.807, 2.05) is 18.2 Å². The molecule has 0 spiro atoms. The number of carbonyl (C=O) groups excluding carboxylic acids is 1. The summed E-state index contributed by atoms with van der Waals surface area (Å²) in [6, 6.07) is 9.11. The van der Waals surface area contributed by atoms with Crippen molar-refractivity contribution in [2.24, 2.45) is 0 Å². The molecule has 2 aromatic rings. The molecule has 0 atom stereocenters. The van der Waals surface area contributed by atoms with Crippen LogP contribution in [0.2, 0.25) is 0 Å². The minimum atomic E-state index is -2.67. The van der Waals surface area contributed by atoms with Crippen molar-refractivity contribution in [1.29, 1.82) is 0 Å². The van der Waals surface area contributed by atoms with Crippen molar-refractivity contribution in [1.82, 2.24) is 10.2 Å². The maximum absolute atomic E-state index is 13.7. The summed E-state index contributed by atoms with van der Waals surface area (Å²) in [6.45, 7) is 4.16. The Kier molecular flexibility index (Phi) is 5.15. The minimum Gasteiger partial charge on any atom is -0.354 e. The van der Waals surface area contributed by atoms with E-state index in [4.69, 9.17) is 0 Å². The highest BCUT2D eigenvalue weighted by atomic mass is 19.3. The SMILES string of the molecule is Cc1nnc(N2CCCC(F)(F)CC2)c(C(=O)Nc2ccccc2)c1C. The monoisotopic (exact) mass is 360 g/mol. The highest BCUT2D eigenvalue weighted by Gasteiger charge is 2.33. The van der Waals surface area contributed by atoms with Gasteiger partial charge in [0.25, 0.3) is 5.91 Å². The molecule has 0 bridgehead atoms. The van der Waals surface area contributed by atoms with Crippen LogP contribution in [0.3, 0.4) is 0 Å². The average Bonchev–Trinajstić information content (AvgIpc) is 2.78. The smallest absolute Gasteiger partial charge is 0.259 e. The predicted octanol–water partition coefficient (Wildman–Crippen LogP) is 3.97. The topological polar surface area (TPSA) is 58.1 Å². The predicted molar refractivity (Wildman–Crippen MR) is 96.9 cm³/mol. The third-order valence-electron chi connectivity index (χ3n) is 4.71. The average molecular weight is 360 g/mol. The van der Waals surface area contributed by atoms with Gasteiger partial charge in [0.15, 0.2) is 5.82 Å². The van der Waals surface area contributed by atoms with E-state index in [1.54, 1.807) is 30.9 Å². The minimum absolute atomic E-state index is 0.146. The van der Waals surface area contributed by atoms with E-state index in [9.17, 15) is 13.6 Å². The fraction of sp³-hybridized carbons (Fsp3) is 0.421. The van der Waals surface area contributed by atoms with Crippen LogP contribution in [-0.2, 0) is 0 Å². The van der Waals surface area contributed by atoms with Gasteiger partial charge in [-0.3, -0.25) is 4.79 Å². The van der Waals surface area contributed by atoms with Gasteiger partial charge < -0.3 is 10.2 Å². The number of halogens is 2. The van der Waals surface area contributed by atoms with Crippen LogP contribution in [0.15, 0.2) is 30.3 Å². The molecule has 0 unspecified atom stereocenters. The summed E-state index contributed by atoms with van der Waals surface area (Å²) in [7, 11) is 0. The van der Waals surface area contributed by atoms with E-state index in [0.29, 0.717) is 41.3 Å². The van der Waals surface area contributed by atoms with Crippen LogP contribution < -0.4 is 10.2 Å². The molecule has 26 heavy (non-hydrogen) atoms. The molecule has 1 fully saturated rings. The first-order valence-corrected chi connectivity index (χ1v) is 8.70. The van der Waals surface area contributed by atoms with Crippen LogP contribution in [0.5, 0.6) is 0 Å². The number of carbonyl (C=O) groups is 1. The third-order valence-corrected chi connectivity index (χ3v) is 4.71. The number of rotatable bonds is 3. The van der Waals surface area contributed by atoms with Crippen molar-refractivity contribution in [3.05, 3.63) is 47.2 Å². The van der Waals surface area contributed by atoms with E-state index in [0.717, 1.165) is 0 Å². The first-order valence-electron chi connectivity index (χ1n) is 8.70. The van der Waals surface area contributed by atoms with Gasteiger partial charge in [-0.25, -0.2) is 8.78 Å². The van der Waals surface area contributed by atoms with Crippen molar-refractivity contribution in [2.75, 3.05) is 23.3 Å². The Bertz CT molecular complexity index is 796. The first kappa shape index (κ1) is 18.2. The van der Waals surface area contributed by atoms with Crippen LogP contribution >= 0.6 is 0 Å². The van der Waals surface area contributed by atoms with E-state index >= 15 is 0 Å². The number of aromatic nitrogens is 2. The van der Waals surface area contributed by atoms with Crippen molar-refractivity contribution in [3.63, 3.8) is 0 Å². The van der Waals surface area contributed by atoms with Gasteiger partial charge in [0.2, 0.25) is 5.92 Å². The molecule has 3 rings (SSSR count). The summed E-state index contributed by atoms with van der Waals surface area (Å²) in [6.07, 6.45) is -0.0456. The maximum Gasteiger partial charge on any atom is 0.259 e. The summed E-state index contributed by atoms with van der Waals surface area (Å²) in [4.78, 5) is 14.7. The second kappa shape index (κ2) is 7.35. The zero-order valence-electron chi connectivity index (χ0n) is 14.9. The molecule has 0 aliphatic carbocycles. The summed E-state index contributed by atoms with van der Waals surface area (Å²) in [5.41, 5.74) is 2.41. The Labute approximate surface area is 151 Å². The van der Waals surface area contributed by atoms with Crippen molar-refractivity contribution in [2.45, 2.75) is 39.0 Å². The van der Waals surface area contributed by atoms with Gasteiger partial charge in [-0.2, -0.15) is 5.10 Å². The Morgan fingerprint density at radius 2 is 1.85 bits per heavy atom. The molecule has 138 valence electrons. The molecule has 7 heteroatoms. The van der Waals surface area contributed by atoms with Gasteiger partial charge in [0.05, 0.1) is 11.3 Å². The zero-order valence-corrected chi connectivity index (χ0v) is 14.9. The lowest BCUT2D eigenvalue weighted by molar-refractivity contribution is -0.0102. The summed E-state index contributed by atoms with van der Waals surface area (Å²) in [5, 5.41) is 11.2. The third kappa shape index (κ3) is 3.98. The molecule has 1 aliphatic heterocycles. The Hall–Kier alpha value is -2.57. The van der Waals surface area contributed by atoms with Crippen LogP contribution in [0.4, 0.5) is 20.3 Å². The van der Waals surface area contributed by atoms with E-state index in [-0.39, 0.29) is 25.3 Å². The fourth-order valence-electron chi connectivity index (χ4n) is 3.08. The van der Waals surface area contributed by atoms with Crippen molar-refractivity contribution < 1.29 is 13.6 Å². The lowest BCUT2D eigenvalue weighted by Gasteiger charge is -2.24. The highest BCUT2D eigenvalue weighted by Crippen LogP contribution is 2.31. The van der Waals surface area contributed by atoms with E-state index in [2.05, 4.69) is 15.5 Å². The molecule has 1 aliphatic rings. The second-order valence-corrected chi connectivity index (χ2v) is 6.63. The Morgan fingerprint density at radius 1 is 1.12 bits per heavy atom. The molecular weight excluding hydrogens is 338 g/mol. The van der Waals surface area contributed by atoms with E-state index in [1.165, 1.54) is 0 Å². The lowest BCUT2D eigenvalue weighted by Crippen LogP contribution is -2.30. The number of benzene rings is 1. The summed E-state index contributed by atoms with van der Waals surface area (Å²) < 4.78 is 27.4. The largest absolute Gasteiger partial charge is 0.354 e. The van der Waals surface area contributed by atoms with Crippen molar-refractivity contribution >= 4 is 17.4 Å². The molecule has 2 heterocycles. The number of aryl methyl sites for hydroxylation is 1. The fourth-order valence-corrected chi connectivity index (χ4v) is 3.08. The number of nitrogens with one attached hydrogen (secondary N) is 1. The first-order chi connectivity index (χ1) is 12.4. The number of hydrogen-bond donors (Lipinski definition) is 1. The molecule has 1 aromatic heterocycles. The standard InChI is InChI=1S/C19H22F2N4O/c1-13-14(2)23-24-17(25-11-6-9-19(20,21)10-12-25)16(13)18(26)22-15-7-4-3-5-8-15/h3-5,7-8H,6,9-12H2,1-2H3,(H,22,26). The molecule has 0 saturated carbocycles. The van der Waals surface area contributed by atoms with Gasteiger partial charge in [-0.05, 0) is 38.0 Å². The Balaban J connectivity index is 1.93. The van der Waals surface area contributed by atoms with E-state index < -0.39 is 5.92 Å². The zero-order chi connectivity index (χ0) is 18.7. The number of alkyl halides is 2. The number of nitrogens with zero attached hydrogens (tertiary/aromatic N) is 3. The normalized spacial score (nSPS) is 16.8. The number of amides is 1. The number of hydrogen-bond acceptors (Lipinski definition) is 4. The molecule has 1 amide bonds. The molecule has 1 N–H and O–H groups in total. The molecule has 1 aromatic carbocycles. The van der Waals surface area contributed by atoms with Crippen LogP contribution in [0.1, 0.15) is 40.9 Å². The maximum atomic E-state index is 13.7. The molecule has 1 saturated heterocycles. The summed E-state index contributed by atoms with van der Waals surface area (Å²) in [5.74, 6) is -2.61. The quantitative estimate of drug-likeness (QED) is 0.900. The van der Waals surface area contributed by atoms with Crippen LogP contribution in [0, 0.1) is 13.8 Å². The molecule has 5 nitrogen and oxygen atoms in total. The van der Waals surface area contributed by atoms with Crippen LogP contribution in [-0.4, -0.2) is 35.1 Å². The van der Waals surface area contributed by atoms with Gasteiger partial charge in [0, 0.05) is 31.6 Å². The number of anilines is 2. The second-order valence-electron chi connectivity index (χ2n) is 6.63. The molecule has 0 radical (unpaired) electrons. The van der Waals surface area contributed by atoms with Crippen LogP contribution in [0.25, 0.3) is 0 Å². The van der Waals surface area contributed by atoms with Gasteiger partial charge in [0.1, 0.15) is 0 Å². The lowest BCUT2D eigenvalue weighted by atomic mass is 10.1. The van der Waals surface area contributed by atoms with Gasteiger partial charge in [-0.1, -0.05) is 18.2 Å². The van der Waals surface area contributed by atoms with Gasteiger partial charge >= 0.3 is 0 Å². The number of para-hydroxylation sites is 1. The summed E-state index contributed by atoms with van der Waals surface area (Å²) >= 11 is 0. The highest BCUT2D eigenvalue weighted by molar-refractivity contribution is 6.08. The Morgan fingerprint density at radius 3 is 2.58 bits per heavy atom. The molecular formula is C19H22F2N4O. The van der Waals surface area contributed by atoms with Crippen molar-refractivity contribution in [3.8, 4) is 0 Å².